The predicted molar refractivity (Wildman–Crippen MR) is 75.7 cm³/mol. The summed E-state index contributed by atoms with van der Waals surface area (Å²) in [7, 11) is 1.71. The second kappa shape index (κ2) is 6.41. The number of carbonyl (C=O) groups excluding carboxylic acids is 1. The Morgan fingerprint density at radius 2 is 2.00 bits per heavy atom. The first-order valence-electron chi connectivity index (χ1n) is 5.78. The lowest BCUT2D eigenvalue weighted by Crippen LogP contribution is -2.44. The number of amides is 1. The van der Waals surface area contributed by atoms with Gasteiger partial charge in [0.1, 0.15) is 0 Å². The smallest absolute Gasteiger partial charge is 0.239 e. The molecule has 0 radical (unpaired) electrons. The second-order valence-electron chi connectivity index (χ2n) is 4.68. The number of nitrogens with two attached hydrogens (primary N) is 1. The lowest BCUT2D eigenvalue weighted by Gasteiger charge is -2.24. The molecule has 5 heteroatoms. The van der Waals surface area contributed by atoms with Crippen LogP contribution < -0.4 is 5.73 Å². The van der Waals surface area contributed by atoms with Crippen molar-refractivity contribution in [1.29, 1.82) is 0 Å². The van der Waals surface area contributed by atoms with Crippen LogP contribution in [0.3, 0.4) is 0 Å². The Morgan fingerprint density at radius 3 is 2.56 bits per heavy atom. The lowest BCUT2D eigenvalue weighted by molar-refractivity contribution is -0.132. The van der Waals surface area contributed by atoms with Crippen molar-refractivity contribution in [2.75, 3.05) is 7.05 Å². The first-order valence-corrected chi connectivity index (χ1v) is 6.53. The molecule has 0 saturated heterocycles. The minimum Gasteiger partial charge on any atom is -0.340 e. The van der Waals surface area contributed by atoms with E-state index in [2.05, 4.69) is 0 Å². The van der Waals surface area contributed by atoms with Gasteiger partial charge in [-0.2, -0.15) is 0 Å². The van der Waals surface area contributed by atoms with Crippen LogP contribution in [0.2, 0.25) is 10.0 Å². The molecule has 0 bridgehead atoms. The van der Waals surface area contributed by atoms with Crippen molar-refractivity contribution in [3.8, 4) is 0 Å². The van der Waals surface area contributed by atoms with E-state index in [1.807, 2.05) is 26.0 Å². The van der Waals surface area contributed by atoms with E-state index in [0.29, 0.717) is 16.6 Å². The first kappa shape index (κ1) is 15.3. The van der Waals surface area contributed by atoms with Crippen molar-refractivity contribution in [2.45, 2.75) is 26.4 Å². The number of rotatable bonds is 4. The summed E-state index contributed by atoms with van der Waals surface area (Å²) in [5, 5.41) is 0.972. The largest absolute Gasteiger partial charge is 0.340 e. The van der Waals surface area contributed by atoms with Crippen molar-refractivity contribution in [2.24, 2.45) is 11.7 Å². The fourth-order valence-corrected chi connectivity index (χ4v) is 1.92. The van der Waals surface area contributed by atoms with Gasteiger partial charge in [-0.1, -0.05) is 49.2 Å². The summed E-state index contributed by atoms with van der Waals surface area (Å²) >= 11 is 12.0. The molecular formula is C13H18Cl2N2O. The molecule has 1 unspecified atom stereocenters. The van der Waals surface area contributed by atoms with E-state index in [-0.39, 0.29) is 11.8 Å². The molecule has 0 aliphatic heterocycles. The van der Waals surface area contributed by atoms with E-state index >= 15 is 0 Å². The third-order valence-electron chi connectivity index (χ3n) is 2.82. The summed E-state index contributed by atoms with van der Waals surface area (Å²) in [4.78, 5) is 13.6. The summed E-state index contributed by atoms with van der Waals surface area (Å²) in [5.41, 5.74) is 6.65. The lowest BCUT2D eigenvalue weighted by atomic mass is 10.0. The average molecular weight is 289 g/mol. The van der Waals surface area contributed by atoms with Gasteiger partial charge in [-0.25, -0.2) is 0 Å². The van der Waals surface area contributed by atoms with E-state index in [1.165, 1.54) is 0 Å². The Kier molecular flexibility index (Phi) is 5.45. The van der Waals surface area contributed by atoms with Crippen molar-refractivity contribution < 1.29 is 4.79 Å². The maximum Gasteiger partial charge on any atom is 0.239 e. The fourth-order valence-electron chi connectivity index (χ4n) is 1.54. The van der Waals surface area contributed by atoms with Gasteiger partial charge < -0.3 is 10.6 Å². The number of nitrogens with zero attached hydrogens (tertiary/aromatic N) is 1. The Hall–Kier alpha value is -0.770. The molecule has 1 amide bonds. The SMILES string of the molecule is CC(C)C(N)C(=O)N(C)Cc1cccc(Cl)c1Cl. The Bertz CT molecular complexity index is 435. The highest BCUT2D eigenvalue weighted by atomic mass is 35.5. The van der Waals surface area contributed by atoms with Crippen LogP contribution in [0.5, 0.6) is 0 Å². The molecule has 1 aromatic rings. The standard InChI is InChI=1S/C13H18Cl2N2O/c1-8(2)12(16)13(18)17(3)7-9-5-4-6-10(14)11(9)15/h4-6,8,12H,7,16H2,1-3H3. The monoisotopic (exact) mass is 288 g/mol. The molecule has 0 heterocycles. The zero-order chi connectivity index (χ0) is 13.9. The highest BCUT2D eigenvalue weighted by Crippen LogP contribution is 2.26. The summed E-state index contributed by atoms with van der Waals surface area (Å²) in [6.07, 6.45) is 0. The molecule has 0 aliphatic carbocycles. The van der Waals surface area contributed by atoms with Gasteiger partial charge in [-0.3, -0.25) is 4.79 Å². The topological polar surface area (TPSA) is 46.3 Å². The molecular weight excluding hydrogens is 271 g/mol. The molecule has 1 atom stereocenters. The van der Waals surface area contributed by atoms with Crippen LogP contribution in [0.1, 0.15) is 19.4 Å². The van der Waals surface area contributed by atoms with Crippen molar-refractivity contribution in [3.05, 3.63) is 33.8 Å². The summed E-state index contributed by atoms with van der Waals surface area (Å²) in [5.74, 6) is 0.0100. The fraction of sp³-hybridized carbons (Fsp3) is 0.462. The number of carbonyl (C=O) groups is 1. The normalized spacial score (nSPS) is 12.6. The summed E-state index contributed by atoms with van der Waals surface area (Å²) in [6.45, 7) is 4.24. The quantitative estimate of drug-likeness (QED) is 0.926. The Labute approximate surface area is 118 Å². The van der Waals surface area contributed by atoms with Crippen LogP contribution >= 0.6 is 23.2 Å². The van der Waals surface area contributed by atoms with E-state index in [1.54, 1.807) is 18.0 Å². The number of hydrogen-bond donors (Lipinski definition) is 1. The number of likely N-dealkylation sites (N-methyl/N-ethyl adjacent to an activating group) is 1. The van der Waals surface area contributed by atoms with Gasteiger partial charge in [0.15, 0.2) is 0 Å². The minimum atomic E-state index is -0.493. The van der Waals surface area contributed by atoms with Gasteiger partial charge >= 0.3 is 0 Å². The van der Waals surface area contributed by atoms with Gasteiger partial charge in [-0.15, -0.1) is 0 Å². The minimum absolute atomic E-state index is 0.0963. The molecule has 100 valence electrons. The number of hydrogen-bond acceptors (Lipinski definition) is 2. The van der Waals surface area contributed by atoms with Gasteiger partial charge in [0.25, 0.3) is 0 Å². The molecule has 0 fully saturated rings. The Morgan fingerprint density at radius 1 is 1.39 bits per heavy atom. The summed E-state index contributed by atoms with van der Waals surface area (Å²) in [6, 6.07) is 4.88. The first-order chi connectivity index (χ1) is 8.34. The van der Waals surface area contributed by atoms with Gasteiger partial charge in [0.05, 0.1) is 16.1 Å². The third kappa shape index (κ3) is 3.61. The molecule has 0 saturated carbocycles. The van der Waals surface area contributed by atoms with Crippen molar-refractivity contribution in [1.82, 2.24) is 4.90 Å². The van der Waals surface area contributed by atoms with E-state index < -0.39 is 6.04 Å². The van der Waals surface area contributed by atoms with Gasteiger partial charge in [0.2, 0.25) is 5.91 Å². The van der Waals surface area contributed by atoms with Crippen LogP contribution in [0.15, 0.2) is 18.2 Å². The maximum absolute atomic E-state index is 12.0. The third-order valence-corrected chi connectivity index (χ3v) is 3.68. The summed E-state index contributed by atoms with van der Waals surface area (Å²) < 4.78 is 0. The van der Waals surface area contributed by atoms with Crippen LogP contribution in [0.25, 0.3) is 0 Å². The highest BCUT2D eigenvalue weighted by molar-refractivity contribution is 6.42. The van der Waals surface area contributed by atoms with Crippen molar-refractivity contribution >= 4 is 29.1 Å². The van der Waals surface area contributed by atoms with Crippen LogP contribution in [-0.2, 0) is 11.3 Å². The number of halogens is 2. The molecule has 1 aromatic carbocycles. The number of benzene rings is 1. The van der Waals surface area contributed by atoms with E-state index in [9.17, 15) is 4.79 Å². The Balaban J connectivity index is 2.79. The van der Waals surface area contributed by atoms with Crippen LogP contribution in [0, 0.1) is 5.92 Å². The molecule has 0 spiro atoms. The second-order valence-corrected chi connectivity index (χ2v) is 5.46. The average Bonchev–Trinajstić information content (AvgIpc) is 2.32. The molecule has 1 rings (SSSR count). The zero-order valence-corrected chi connectivity index (χ0v) is 12.3. The maximum atomic E-state index is 12.0. The predicted octanol–water partition coefficient (Wildman–Crippen LogP) is 2.94. The van der Waals surface area contributed by atoms with Gasteiger partial charge in [0, 0.05) is 13.6 Å². The van der Waals surface area contributed by atoms with Crippen LogP contribution in [0.4, 0.5) is 0 Å². The van der Waals surface area contributed by atoms with Crippen LogP contribution in [-0.4, -0.2) is 23.9 Å². The molecule has 18 heavy (non-hydrogen) atoms. The van der Waals surface area contributed by atoms with E-state index in [0.717, 1.165) is 5.56 Å². The highest BCUT2D eigenvalue weighted by Gasteiger charge is 2.21. The molecule has 3 nitrogen and oxygen atoms in total. The molecule has 0 aliphatic rings. The molecule has 0 aromatic heterocycles. The van der Waals surface area contributed by atoms with Gasteiger partial charge in [-0.05, 0) is 17.5 Å². The zero-order valence-electron chi connectivity index (χ0n) is 10.8. The molecule has 2 N–H and O–H groups in total. The van der Waals surface area contributed by atoms with E-state index in [4.69, 9.17) is 28.9 Å². The van der Waals surface area contributed by atoms with Crippen molar-refractivity contribution in [3.63, 3.8) is 0 Å².